The number of hydrogen-bond donors (Lipinski definition) is 1. The fourth-order valence-corrected chi connectivity index (χ4v) is 2.03. The van der Waals surface area contributed by atoms with Crippen molar-refractivity contribution in [1.82, 2.24) is 0 Å². The molecule has 0 bridgehead atoms. The monoisotopic (exact) mass is 258 g/mol. The maximum Gasteiger partial charge on any atom is 0.125 e. The Morgan fingerprint density at radius 1 is 1.00 bits per heavy atom. The Hall–Kier alpha value is -1.84. The summed E-state index contributed by atoms with van der Waals surface area (Å²) < 4.78 is 10.3. The summed E-state index contributed by atoms with van der Waals surface area (Å²) in [4.78, 5) is 0. The van der Waals surface area contributed by atoms with Gasteiger partial charge in [0.25, 0.3) is 0 Å². The van der Waals surface area contributed by atoms with E-state index in [0.29, 0.717) is 12.4 Å². The standard InChI is InChI=1S/C16H18O3/c1-18-11-12-7-9-13(10-8-12)16(17)14-5-3-4-6-15(14)19-2/h3-10,16-17H,11H2,1-2H3. The summed E-state index contributed by atoms with van der Waals surface area (Å²) in [5, 5.41) is 10.4. The van der Waals surface area contributed by atoms with Crippen LogP contribution in [-0.2, 0) is 11.3 Å². The van der Waals surface area contributed by atoms with Crippen LogP contribution in [0.15, 0.2) is 48.5 Å². The van der Waals surface area contributed by atoms with Crippen molar-refractivity contribution in [3.05, 3.63) is 65.2 Å². The first kappa shape index (κ1) is 13.6. The molecule has 0 aliphatic carbocycles. The molecule has 2 aromatic carbocycles. The summed E-state index contributed by atoms with van der Waals surface area (Å²) in [6.07, 6.45) is -0.687. The van der Waals surface area contributed by atoms with E-state index in [4.69, 9.17) is 9.47 Å². The zero-order chi connectivity index (χ0) is 13.7. The van der Waals surface area contributed by atoms with E-state index in [9.17, 15) is 5.11 Å². The molecule has 0 heterocycles. The first-order chi connectivity index (χ1) is 9.26. The fourth-order valence-electron chi connectivity index (χ4n) is 2.03. The summed E-state index contributed by atoms with van der Waals surface area (Å²) in [7, 11) is 3.27. The van der Waals surface area contributed by atoms with Crippen molar-refractivity contribution in [2.75, 3.05) is 14.2 Å². The van der Waals surface area contributed by atoms with Crippen molar-refractivity contribution in [3.8, 4) is 5.75 Å². The Morgan fingerprint density at radius 2 is 1.68 bits per heavy atom. The van der Waals surface area contributed by atoms with Gasteiger partial charge in [-0.2, -0.15) is 0 Å². The SMILES string of the molecule is COCc1ccc(C(O)c2ccccc2OC)cc1. The lowest BCUT2D eigenvalue weighted by Gasteiger charge is -2.15. The molecule has 0 aliphatic rings. The van der Waals surface area contributed by atoms with Crippen LogP contribution in [0.5, 0.6) is 5.75 Å². The minimum absolute atomic E-state index is 0.574. The van der Waals surface area contributed by atoms with E-state index in [0.717, 1.165) is 16.7 Å². The van der Waals surface area contributed by atoms with Gasteiger partial charge in [0.05, 0.1) is 13.7 Å². The second-order valence-electron chi connectivity index (χ2n) is 4.32. The van der Waals surface area contributed by atoms with Crippen molar-refractivity contribution in [3.63, 3.8) is 0 Å². The van der Waals surface area contributed by atoms with Gasteiger partial charge in [-0.15, -0.1) is 0 Å². The quantitative estimate of drug-likeness (QED) is 0.896. The second-order valence-corrected chi connectivity index (χ2v) is 4.32. The molecule has 2 aromatic rings. The molecule has 100 valence electrons. The predicted molar refractivity (Wildman–Crippen MR) is 74.2 cm³/mol. The van der Waals surface area contributed by atoms with Crippen molar-refractivity contribution >= 4 is 0 Å². The molecule has 0 radical (unpaired) electrons. The van der Waals surface area contributed by atoms with Gasteiger partial charge in [0, 0.05) is 12.7 Å². The largest absolute Gasteiger partial charge is 0.496 e. The predicted octanol–water partition coefficient (Wildman–Crippen LogP) is 2.92. The van der Waals surface area contributed by atoms with Crippen molar-refractivity contribution in [1.29, 1.82) is 0 Å². The third kappa shape index (κ3) is 3.13. The summed E-state index contributed by atoms with van der Waals surface area (Å²) in [5.74, 6) is 0.691. The Kier molecular flexibility index (Phi) is 4.55. The lowest BCUT2D eigenvalue weighted by atomic mass is 10.00. The maximum absolute atomic E-state index is 10.4. The smallest absolute Gasteiger partial charge is 0.125 e. The molecule has 0 aliphatic heterocycles. The van der Waals surface area contributed by atoms with Gasteiger partial charge in [-0.25, -0.2) is 0 Å². The minimum atomic E-state index is -0.687. The molecule has 19 heavy (non-hydrogen) atoms. The Bertz CT molecular complexity index is 520. The van der Waals surface area contributed by atoms with E-state index in [-0.39, 0.29) is 0 Å². The van der Waals surface area contributed by atoms with Crippen LogP contribution in [-0.4, -0.2) is 19.3 Å². The molecule has 0 spiro atoms. The van der Waals surface area contributed by atoms with Crippen LogP contribution < -0.4 is 4.74 Å². The van der Waals surface area contributed by atoms with Gasteiger partial charge in [0.15, 0.2) is 0 Å². The van der Waals surface area contributed by atoms with Crippen LogP contribution in [0.2, 0.25) is 0 Å². The van der Waals surface area contributed by atoms with Gasteiger partial charge >= 0.3 is 0 Å². The number of hydrogen-bond acceptors (Lipinski definition) is 3. The van der Waals surface area contributed by atoms with Crippen LogP contribution in [0.25, 0.3) is 0 Å². The average molecular weight is 258 g/mol. The summed E-state index contributed by atoms with van der Waals surface area (Å²) >= 11 is 0. The number of para-hydroxylation sites is 1. The fraction of sp³-hybridized carbons (Fsp3) is 0.250. The van der Waals surface area contributed by atoms with Crippen LogP contribution in [0, 0.1) is 0 Å². The molecular weight excluding hydrogens is 240 g/mol. The molecule has 0 fully saturated rings. The van der Waals surface area contributed by atoms with E-state index in [1.807, 2.05) is 48.5 Å². The molecule has 0 aromatic heterocycles. The number of methoxy groups -OCH3 is 2. The average Bonchev–Trinajstić information content (AvgIpc) is 2.47. The Balaban J connectivity index is 2.25. The van der Waals surface area contributed by atoms with Crippen molar-refractivity contribution < 1.29 is 14.6 Å². The zero-order valence-corrected chi connectivity index (χ0v) is 11.2. The maximum atomic E-state index is 10.4. The summed E-state index contributed by atoms with van der Waals surface area (Å²) in [6.45, 7) is 0.574. The lowest BCUT2D eigenvalue weighted by molar-refractivity contribution is 0.184. The molecular formula is C16H18O3. The second kappa shape index (κ2) is 6.36. The molecule has 2 rings (SSSR count). The van der Waals surface area contributed by atoms with Gasteiger partial charge in [-0.3, -0.25) is 0 Å². The topological polar surface area (TPSA) is 38.7 Å². The number of aliphatic hydroxyl groups is 1. The van der Waals surface area contributed by atoms with E-state index < -0.39 is 6.10 Å². The Labute approximate surface area is 113 Å². The number of aliphatic hydroxyl groups excluding tert-OH is 1. The number of benzene rings is 2. The molecule has 1 N–H and O–H groups in total. The van der Waals surface area contributed by atoms with Crippen molar-refractivity contribution in [2.24, 2.45) is 0 Å². The molecule has 0 saturated carbocycles. The zero-order valence-electron chi connectivity index (χ0n) is 11.2. The van der Waals surface area contributed by atoms with Crippen LogP contribution in [0.4, 0.5) is 0 Å². The Morgan fingerprint density at radius 3 is 2.32 bits per heavy atom. The molecule has 3 heteroatoms. The highest BCUT2D eigenvalue weighted by Crippen LogP contribution is 2.29. The van der Waals surface area contributed by atoms with Gasteiger partial charge in [-0.05, 0) is 17.2 Å². The van der Waals surface area contributed by atoms with Gasteiger partial charge in [0.1, 0.15) is 11.9 Å². The molecule has 1 unspecified atom stereocenters. The van der Waals surface area contributed by atoms with E-state index in [1.54, 1.807) is 14.2 Å². The van der Waals surface area contributed by atoms with Crippen LogP contribution in [0.1, 0.15) is 22.8 Å². The highest BCUT2D eigenvalue weighted by atomic mass is 16.5. The highest BCUT2D eigenvalue weighted by molar-refractivity contribution is 5.40. The van der Waals surface area contributed by atoms with E-state index in [2.05, 4.69) is 0 Å². The summed E-state index contributed by atoms with van der Waals surface area (Å²) in [5.41, 5.74) is 2.69. The third-order valence-corrected chi connectivity index (χ3v) is 3.04. The van der Waals surface area contributed by atoms with Gasteiger partial charge in [-0.1, -0.05) is 42.5 Å². The van der Waals surface area contributed by atoms with Gasteiger partial charge < -0.3 is 14.6 Å². The van der Waals surface area contributed by atoms with E-state index in [1.165, 1.54) is 0 Å². The first-order valence-corrected chi connectivity index (χ1v) is 6.15. The normalized spacial score (nSPS) is 12.2. The van der Waals surface area contributed by atoms with E-state index >= 15 is 0 Å². The molecule has 0 amide bonds. The number of rotatable bonds is 5. The van der Waals surface area contributed by atoms with Gasteiger partial charge in [0.2, 0.25) is 0 Å². The third-order valence-electron chi connectivity index (χ3n) is 3.04. The first-order valence-electron chi connectivity index (χ1n) is 6.15. The van der Waals surface area contributed by atoms with Crippen LogP contribution >= 0.6 is 0 Å². The lowest BCUT2D eigenvalue weighted by Crippen LogP contribution is -2.02. The minimum Gasteiger partial charge on any atom is -0.496 e. The molecule has 1 atom stereocenters. The van der Waals surface area contributed by atoms with Crippen LogP contribution in [0.3, 0.4) is 0 Å². The molecule has 0 saturated heterocycles. The molecule has 3 nitrogen and oxygen atoms in total. The van der Waals surface area contributed by atoms with Crippen molar-refractivity contribution in [2.45, 2.75) is 12.7 Å². The number of ether oxygens (including phenoxy) is 2. The summed E-state index contributed by atoms with van der Waals surface area (Å²) in [6, 6.07) is 15.2. The highest BCUT2D eigenvalue weighted by Gasteiger charge is 2.14.